The highest BCUT2D eigenvalue weighted by atomic mass is 16.5. The molecular formula is C46H77NO3. The van der Waals surface area contributed by atoms with Gasteiger partial charge in [0.1, 0.15) is 5.60 Å². The lowest BCUT2D eigenvalue weighted by Gasteiger charge is -2.73. The molecule has 0 heterocycles. The van der Waals surface area contributed by atoms with Gasteiger partial charge >= 0.3 is 5.97 Å². The van der Waals surface area contributed by atoms with Crippen LogP contribution in [0.2, 0.25) is 0 Å². The maximum Gasteiger partial charge on any atom is 0.312 e. The Morgan fingerprint density at radius 2 is 1.46 bits per heavy atom. The zero-order valence-electron chi connectivity index (χ0n) is 34.2. The Balaban J connectivity index is 1.36. The summed E-state index contributed by atoms with van der Waals surface area (Å²) in [7, 11) is 1.60. The second-order valence-electron chi connectivity index (χ2n) is 19.6. The molecule has 0 aromatic carbocycles. The van der Waals surface area contributed by atoms with E-state index < -0.39 is 5.60 Å². The summed E-state index contributed by atoms with van der Waals surface area (Å²) in [6.45, 7) is 26.9. The average molecular weight is 692 g/mol. The van der Waals surface area contributed by atoms with Gasteiger partial charge in [0, 0.05) is 5.41 Å². The number of rotatable bonds is 13. The number of methoxy groups -OCH3 is 1. The molecular weight excluding hydrogens is 615 g/mol. The second-order valence-corrected chi connectivity index (χ2v) is 19.6. The van der Waals surface area contributed by atoms with E-state index in [4.69, 9.17) is 4.74 Å². The van der Waals surface area contributed by atoms with Crippen LogP contribution in [0.25, 0.3) is 0 Å². The highest BCUT2D eigenvalue weighted by Gasteiger charge is 2.73. The summed E-state index contributed by atoms with van der Waals surface area (Å²) < 4.78 is 5.58. The Morgan fingerprint density at radius 1 is 0.800 bits per heavy atom. The molecule has 0 aromatic heterocycles. The van der Waals surface area contributed by atoms with Gasteiger partial charge in [-0.2, -0.15) is 0 Å². The van der Waals surface area contributed by atoms with Crippen LogP contribution in [0.5, 0.6) is 0 Å². The van der Waals surface area contributed by atoms with Gasteiger partial charge < -0.3 is 9.84 Å². The van der Waals surface area contributed by atoms with Gasteiger partial charge in [-0.3, -0.25) is 9.69 Å². The molecule has 4 heteroatoms. The van der Waals surface area contributed by atoms with E-state index in [-0.39, 0.29) is 33.0 Å². The average Bonchev–Trinajstić information content (AvgIpc) is 3.48. The first-order valence-electron chi connectivity index (χ1n) is 21.3. The van der Waals surface area contributed by atoms with Crippen LogP contribution in [0, 0.1) is 68.5 Å². The Morgan fingerprint density at radius 3 is 2.06 bits per heavy atom. The van der Waals surface area contributed by atoms with Crippen molar-refractivity contribution in [2.75, 3.05) is 26.7 Å². The molecule has 0 radical (unpaired) electrons. The number of carbonyl (C=O) groups is 1. The fourth-order valence-electron chi connectivity index (χ4n) is 14.0. The predicted octanol–water partition coefficient (Wildman–Crippen LogP) is 11.0. The lowest BCUT2D eigenvalue weighted by atomic mass is 9.31. The van der Waals surface area contributed by atoms with E-state index in [1.807, 2.05) is 0 Å². The highest BCUT2D eigenvalue weighted by molar-refractivity contribution is 5.78. The third kappa shape index (κ3) is 6.48. The van der Waals surface area contributed by atoms with Crippen LogP contribution < -0.4 is 0 Å². The van der Waals surface area contributed by atoms with Crippen molar-refractivity contribution in [2.24, 2.45) is 56.7 Å². The summed E-state index contributed by atoms with van der Waals surface area (Å²) >= 11 is 0. The van der Waals surface area contributed by atoms with Crippen molar-refractivity contribution in [1.82, 2.24) is 4.90 Å². The number of aliphatic hydroxyl groups is 1. The van der Waals surface area contributed by atoms with Crippen molar-refractivity contribution >= 4 is 5.97 Å². The molecule has 4 nitrogen and oxygen atoms in total. The van der Waals surface area contributed by atoms with Gasteiger partial charge in [0.05, 0.1) is 19.1 Å². The molecule has 5 aliphatic rings. The van der Waals surface area contributed by atoms with E-state index >= 15 is 0 Å². The third-order valence-corrected chi connectivity index (χ3v) is 17.1. The Labute approximate surface area is 308 Å². The molecule has 50 heavy (non-hydrogen) atoms. The minimum Gasteiger partial charge on any atom is -0.469 e. The molecule has 0 spiro atoms. The number of allylic oxidation sites excluding steroid dienone is 1. The quantitative estimate of drug-likeness (QED) is 0.0904. The standard InChI is InChI=1S/C46H77NO3/c1-11-13-15-17-31-47(32-18-16-14-12-2)33-19-24-46(49)30-27-42(7)37(41(46,5)6)23-25-44(9)38(42)21-20-36-39-35(34(3)4)22-26-45(39,40(48)50-10)29-28-43(36,44)8/h35-39,49H,3,11-18,20-23,25-33H2,1-2,4-10H3/t35-,36+,37-,38+,39+,42-,43+,44+,45-,46-/m0/s1. The largest absolute Gasteiger partial charge is 0.469 e. The zero-order chi connectivity index (χ0) is 36.6. The van der Waals surface area contributed by atoms with Crippen molar-refractivity contribution in [2.45, 2.75) is 177 Å². The number of carbonyl (C=O) groups excluding carboxylic acids is 1. The van der Waals surface area contributed by atoms with Crippen molar-refractivity contribution in [3.8, 4) is 11.8 Å². The Bertz CT molecular complexity index is 1270. The number of nitrogens with zero attached hydrogens (tertiary/aromatic N) is 1. The van der Waals surface area contributed by atoms with Gasteiger partial charge in [-0.05, 0) is 143 Å². The number of esters is 1. The predicted molar refractivity (Wildman–Crippen MR) is 208 cm³/mol. The van der Waals surface area contributed by atoms with Gasteiger partial charge in [-0.1, -0.05) is 111 Å². The smallest absolute Gasteiger partial charge is 0.312 e. The lowest BCUT2D eigenvalue weighted by molar-refractivity contribution is -0.256. The van der Waals surface area contributed by atoms with Crippen LogP contribution >= 0.6 is 0 Å². The normalized spacial score (nSPS) is 41.6. The fraction of sp³-hybridized carbons (Fsp3) is 0.891. The summed E-state index contributed by atoms with van der Waals surface area (Å²) in [5, 5.41) is 12.5. The molecule has 284 valence electrons. The monoisotopic (exact) mass is 692 g/mol. The Hall–Kier alpha value is -1.31. The first-order chi connectivity index (χ1) is 23.6. The number of unbranched alkanes of at least 4 members (excludes halogenated alkanes) is 6. The molecule has 5 fully saturated rings. The summed E-state index contributed by atoms with van der Waals surface area (Å²) in [5.41, 5.74) is 0.254. The van der Waals surface area contributed by atoms with Crippen molar-refractivity contribution < 1.29 is 14.6 Å². The minimum atomic E-state index is -0.953. The highest BCUT2D eigenvalue weighted by Crippen LogP contribution is 2.78. The lowest BCUT2D eigenvalue weighted by Crippen LogP contribution is -2.68. The minimum absolute atomic E-state index is 0.0433. The third-order valence-electron chi connectivity index (χ3n) is 17.1. The van der Waals surface area contributed by atoms with E-state index in [0.29, 0.717) is 29.6 Å². The SMILES string of the molecule is C=C(C)[C@@H]1CC[C@]2(C(=O)OC)CC[C@]3(C)[C@H](CC[C@@H]4[C@@]5(C)CC[C@@](O)(C#CCN(CCCCCC)CCCCCC)C(C)(C)[C@@H]5CC[C@]43C)[C@@H]12. The molecule has 5 rings (SSSR count). The van der Waals surface area contributed by atoms with Gasteiger partial charge in [0.25, 0.3) is 0 Å². The summed E-state index contributed by atoms with van der Waals surface area (Å²) in [4.78, 5) is 16.2. The second kappa shape index (κ2) is 15.2. The van der Waals surface area contributed by atoms with Crippen molar-refractivity contribution in [3.63, 3.8) is 0 Å². The van der Waals surface area contributed by atoms with Gasteiger partial charge in [-0.25, -0.2) is 0 Å². The molecule has 1 N–H and O–H groups in total. The summed E-state index contributed by atoms with van der Waals surface area (Å²) in [6, 6.07) is 0. The molecule has 0 saturated heterocycles. The molecule has 0 unspecified atom stereocenters. The van der Waals surface area contributed by atoms with Crippen LogP contribution in [0.4, 0.5) is 0 Å². The first-order valence-corrected chi connectivity index (χ1v) is 21.3. The number of hydrogen-bond donors (Lipinski definition) is 1. The van der Waals surface area contributed by atoms with Crippen LogP contribution in [0.3, 0.4) is 0 Å². The van der Waals surface area contributed by atoms with Gasteiger partial charge in [0.15, 0.2) is 0 Å². The molecule has 0 aliphatic heterocycles. The van der Waals surface area contributed by atoms with Gasteiger partial charge in [0.2, 0.25) is 0 Å². The number of fused-ring (bicyclic) bond motifs is 7. The molecule has 0 aromatic rings. The van der Waals surface area contributed by atoms with E-state index in [9.17, 15) is 9.90 Å². The Kier molecular flexibility index (Phi) is 12.1. The molecule has 5 saturated carbocycles. The van der Waals surface area contributed by atoms with E-state index in [1.54, 1.807) is 7.11 Å². The summed E-state index contributed by atoms with van der Waals surface area (Å²) in [6.07, 6.45) is 21.0. The molecule has 0 bridgehead atoms. The molecule has 5 aliphatic carbocycles. The van der Waals surface area contributed by atoms with Crippen LogP contribution in [-0.2, 0) is 9.53 Å². The topological polar surface area (TPSA) is 49.8 Å². The maximum atomic E-state index is 13.6. The molecule has 0 amide bonds. The molecule has 10 atom stereocenters. The van der Waals surface area contributed by atoms with E-state index in [1.165, 1.54) is 76.2 Å². The van der Waals surface area contributed by atoms with Crippen molar-refractivity contribution in [3.05, 3.63) is 12.2 Å². The summed E-state index contributed by atoms with van der Waals surface area (Å²) in [5.74, 6) is 9.53. The van der Waals surface area contributed by atoms with E-state index in [2.05, 4.69) is 78.7 Å². The first kappa shape index (κ1) is 39.9. The van der Waals surface area contributed by atoms with Crippen molar-refractivity contribution in [1.29, 1.82) is 0 Å². The number of ether oxygens (including phenoxy) is 1. The van der Waals surface area contributed by atoms with Crippen LogP contribution in [0.1, 0.15) is 171 Å². The zero-order valence-corrected chi connectivity index (χ0v) is 34.2. The van der Waals surface area contributed by atoms with Crippen LogP contribution in [-0.4, -0.2) is 48.3 Å². The van der Waals surface area contributed by atoms with Gasteiger partial charge in [-0.15, -0.1) is 0 Å². The van der Waals surface area contributed by atoms with E-state index in [0.717, 1.165) is 64.6 Å². The fourth-order valence-corrected chi connectivity index (χ4v) is 14.0. The number of hydrogen-bond acceptors (Lipinski definition) is 4. The van der Waals surface area contributed by atoms with Crippen LogP contribution in [0.15, 0.2) is 12.2 Å². The maximum absolute atomic E-state index is 13.6.